The SMILES string of the molecule is C[C@H](NC(=O)[C@H](C)n1cccc1)[C@H](O)c1ccc(F)cc1. The predicted molar refractivity (Wildman–Crippen MR) is 78.1 cm³/mol. The third kappa shape index (κ3) is 3.70. The zero-order chi connectivity index (χ0) is 15.4. The van der Waals surface area contributed by atoms with Crippen LogP contribution in [0.3, 0.4) is 0 Å². The summed E-state index contributed by atoms with van der Waals surface area (Å²) in [6.45, 7) is 3.50. The van der Waals surface area contributed by atoms with Crippen LogP contribution in [0.4, 0.5) is 4.39 Å². The van der Waals surface area contributed by atoms with Crippen LogP contribution in [0.15, 0.2) is 48.8 Å². The van der Waals surface area contributed by atoms with Crippen LogP contribution in [-0.4, -0.2) is 21.6 Å². The molecule has 3 atom stereocenters. The van der Waals surface area contributed by atoms with E-state index in [0.29, 0.717) is 5.56 Å². The van der Waals surface area contributed by atoms with E-state index in [1.165, 1.54) is 24.3 Å². The van der Waals surface area contributed by atoms with E-state index in [1.54, 1.807) is 18.4 Å². The van der Waals surface area contributed by atoms with E-state index in [9.17, 15) is 14.3 Å². The van der Waals surface area contributed by atoms with E-state index in [-0.39, 0.29) is 17.8 Å². The number of aromatic nitrogens is 1. The van der Waals surface area contributed by atoms with E-state index < -0.39 is 12.1 Å². The highest BCUT2D eigenvalue weighted by molar-refractivity contribution is 5.80. The number of carbonyl (C=O) groups is 1. The van der Waals surface area contributed by atoms with Crippen molar-refractivity contribution >= 4 is 5.91 Å². The van der Waals surface area contributed by atoms with E-state index in [0.717, 1.165) is 0 Å². The molecule has 1 heterocycles. The Morgan fingerprint density at radius 1 is 1.19 bits per heavy atom. The third-order valence-electron chi connectivity index (χ3n) is 3.51. The average molecular weight is 290 g/mol. The van der Waals surface area contributed by atoms with Crippen LogP contribution in [-0.2, 0) is 4.79 Å². The van der Waals surface area contributed by atoms with Gasteiger partial charge in [0.1, 0.15) is 11.9 Å². The van der Waals surface area contributed by atoms with Gasteiger partial charge in [0, 0.05) is 12.4 Å². The van der Waals surface area contributed by atoms with Crippen LogP contribution in [0.1, 0.15) is 31.6 Å². The van der Waals surface area contributed by atoms with Gasteiger partial charge in [0.25, 0.3) is 0 Å². The summed E-state index contributed by atoms with van der Waals surface area (Å²) in [7, 11) is 0. The van der Waals surface area contributed by atoms with E-state index in [2.05, 4.69) is 5.32 Å². The van der Waals surface area contributed by atoms with Crippen molar-refractivity contribution in [2.45, 2.75) is 32.0 Å². The molecule has 0 unspecified atom stereocenters. The summed E-state index contributed by atoms with van der Waals surface area (Å²) in [5, 5.41) is 13.0. The zero-order valence-corrected chi connectivity index (χ0v) is 12.0. The molecule has 0 aliphatic heterocycles. The normalized spacial score (nSPS) is 15.2. The molecule has 21 heavy (non-hydrogen) atoms. The Bertz CT molecular complexity index is 581. The lowest BCUT2D eigenvalue weighted by molar-refractivity contribution is -0.125. The minimum atomic E-state index is -0.883. The van der Waals surface area contributed by atoms with Crippen molar-refractivity contribution in [2.75, 3.05) is 0 Å². The minimum absolute atomic E-state index is 0.181. The number of aliphatic hydroxyl groups excluding tert-OH is 1. The number of aliphatic hydroxyl groups is 1. The molecule has 1 amide bonds. The molecule has 0 saturated carbocycles. The fourth-order valence-corrected chi connectivity index (χ4v) is 2.11. The lowest BCUT2D eigenvalue weighted by atomic mass is 10.0. The molecule has 1 aromatic carbocycles. The molecule has 0 bridgehead atoms. The second-order valence-corrected chi connectivity index (χ2v) is 5.10. The van der Waals surface area contributed by atoms with E-state index in [4.69, 9.17) is 0 Å². The number of nitrogens with one attached hydrogen (secondary N) is 1. The lowest BCUT2D eigenvalue weighted by Crippen LogP contribution is -2.40. The Kier molecular flexibility index (Phi) is 4.75. The number of amides is 1. The highest BCUT2D eigenvalue weighted by Gasteiger charge is 2.21. The van der Waals surface area contributed by atoms with Crippen molar-refractivity contribution < 1.29 is 14.3 Å². The number of halogens is 1. The van der Waals surface area contributed by atoms with Gasteiger partial charge in [0.2, 0.25) is 5.91 Å². The summed E-state index contributed by atoms with van der Waals surface area (Å²) in [6.07, 6.45) is 2.74. The van der Waals surface area contributed by atoms with Gasteiger partial charge in [-0.15, -0.1) is 0 Å². The fourth-order valence-electron chi connectivity index (χ4n) is 2.11. The number of hydrogen-bond acceptors (Lipinski definition) is 2. The maximum atomic E-state index is 12.9. The Hall–Kier alpha value is -2.14. The van der Waals surface area contributed by atoms with Crippen LogP contribution in [0.25, 0.3) is 0 Å². The van der Waals surface area contributed by atoms with Gasteiger partial charge in [0.05, 0.1) is 12.1 Å². The second kappa shape index (κ2) is 6.54. The van der Waals surface area contributed by atoms with Crippen LogP contribution in [0.5, 0.6) is 0 Å². The summed E-state index contributed by atoms with van der Waals surface area (Å²) in [6, 6.07) is 8.46. The van der Waals surface area contributed by atoms with Crippen molar-refractivity contribution in [1.82, 2.24) is 9.88 Å². The van der Waals surface area contributed by atoms with Crippen molar-refractivity contribution in [3.63, 3.8) is 0 Å². The van der Waals surface area contributed by atoms with Crippen molar-refractivity contribution in [1.29, 1.82) is 0 Å². The van der Waals surface area contributed by atoms with Gasteiger partial charge in [-0.2, -0.15) is 0 Å². The molecule has 5 heteroatoms. The van der Waals surface area contributed by atoms with Crippen molar-refractivity contribution in [3.05, 3.63) is 60.2 Å². The summed E-state index contributed by atoms with van der Waals surface area (Å²) in [5.74, 6) is -0.538. The van der Waals surface area contributed by atoms with Gasteiger partial charge < -0.3 is 15.0 Å². The molecule has 4 nitrogen and oxygen atoms in total. The molecule has 0 radical (unpaired) electrons. The average Bonchev–Trinajstić information content (AvgIpc) is 3.00. The van der Waals surface area contributed by atoms with Crippen LogP contribution < -0.4 is 5.32 Å². The molecule has 0 saturated heterocycles. The molecular weight excluding hydrogens is 271 g/mol. The lowest BCUT2D eigenvalue weighted by Gasteiger charge is -2.23. The maximum Gasteiger partial charge on any atom is 0.243 e. The quantitative estimate of drug-likeness (QED) is 0.888. The van der Waals surface area contributed by atoms with Gasteiger partial charge >= 0.3 is 0 Å². The summed E-state index contributed by atoms with van der Waals surface area (Å²) in [4.78, 5) is 12.1. The molecule has 0 aliphatic rings. The Labute approximate surface area is 123 Å². The van der Waals surface area contributed by atoms with E-state index in [1.807, 2.05) is 24.5 Å². The smallest absolute Gasteiger partial charge is 0.243 e. The number of benzene rings is 1. The number of hydrogen-bond donors (Lipinski definition) is 2. The highest BCUT2D eigenvalue weighted by Crippen LogP contribution is 2.18. The summed E-state index contributed by atoms with van der Waals surface area (Å²) >= 11 is 0. The largest absolute Gasteiger partial charge is 0.386 e. The molecule has 2 N–H and O–H groups in total. The van der Waals surface area contributed by atoms with Crippen LogP contribution in [0.2, 0.25) is 0 Å². The maximum absolute atomic E-state index is 12.9. The van der Waals surface area contributed by atoms with Crippen LogP contribution >= 0.6 is 0 Å². The molecule has 0 spiro atoms. The Morgan fingerprint density at radius 2 is 1.76 bits per heavy atom. The van der Waals surface area contributed by atoms with Gasteiger partial charge in [-0.25, -0.2) is 4.39 Å². The van der Waals surface area contributed by atoms with Gasteiger partial charge in [-0.05, 0) is 43.7 Å². The molecule has 112 valence electrons. The predicted octanol–water partition coefficient (Wildman–Crippen LogP) is 2.43. The Balaban J connectivity index is 1.98. The molecular formula is C16H19FN2O2. The van der Waals surface area contributed by atoms with Gasteiger partial charge in [-0.1, -0.05) is 12.1 Å². The van der Waals surface area contributed by atoms with Crippen LogP contribution in [0, 0.1) is 5.82 Å². The molecule has 2 aromatic rings. The first kappa shape index (κ1) is 15.3. The number of nitrogens with zero attached hydrogens (tertiary/aromatic N) is 1. The first-order valence-corrected chi connectivity index (χ1v) is 6.85. The topological polar surface area (TPSA) is 54.3 Å². The monoisotopic (exact) mass is 290 g/mol. The van der Waals surface area contributed by atoms with E-state index >= 15 is 0 Å². The summed E-state index contributed by atoms with van der Waals surface area (Å²) < 4.78 is 14.7. The highest BCUT2D eigenvalue weighted by atomic mass is 19.1. The third-order valence-corrected chi connectivity index (χ3v) is 3.51. The standard InChI is InChI=1S/C16H19FN2O2/c1-11(15(20)13-5-7-14(17)8-6-13)18-16(21)12(2)19-9-3-4-10-19/h3-12,15,20H,1-2H3,(H,18,21)/t11-,12-,15-/m0/s1. The van der Waals surface area contributed by atoms with Gasteiger partial charge in [-0.3, -0.25) is 4.79 Å². The fraction of sp³-hybridized carbons (Fsp3) is 0.312. The van der Waals surface area contributed by atoms with Crippen molar-refractivity contribution in [2.24, 2.45) is 0 Å². The molecule has 2 rings (SSSR count). The molecule has 0 aliphatic carbocycles. The number of rotatable bonds is 5. The minimum Gasteiger partial charge on any atom is -0.386 e. The molecule has 1 aromatic heterocycles. The summed E-state index contributed by atoms with van der Waals surface area (Å²) in [5.41, 5.74) is 0.567. The van der Waals surface area contributed by atoms with Gasteiger partial charge in [0.15, 0.2) is 0 Å². The first-order valence-electron chi connectivity index (χ1n) is 6.85. The second-order valence-electron chi connectivity index (χ2n) is 5.10. The first-order chi connectivity index (χ1) is 9.99. The molecule has 0 fully saturated rings. The Morgan fingerprint density at radius 3 is 2.33 bits per heavy atom. The zero-order valence-electron chi connectivity index (χ0n) is 12.0. The van der Waals surface area contributed by atoms with Crippen molar-refractivity contribution in [3.8, 4) is 0 Å². The number of carbonyl (C=O) groups excluding carboxylic acids is 1.